The molecule has 16 heavy (non-hydrogen) atoms. The fourth-order valence-corrected chi connectivity index (χ4v) is 2.17. The van der Waals surface area contributed by atoms with E-state index < -0.39 is 0 Å². The van der Waals surface area contributed by atoms with Gasteiger partial charge in [0.25, 0.3) is 0 Å². The van der Waals surface area contributed by atoms with E-state index >= 15 is 0 Å². The Morgan fingerprint density at radius 2 is 2.19 bits per heavy atom. The fraction of sp³-hybridized carbons (Fsp3) is 0.800. The summed E-state index contributed by atoms with van der Waals surface area (Å²) in [6.45, 7) is 0.486. The van der Waals surface area contributed by atoms with E-state index in [-0.39, 0.29) is 0 Å². The second-order valence-electron chi connectivity index (χ2n) is 4.29. The van der Waals surface area contributed by atoms with Crippen molar-refractivity contribution < 1.29 is 0 Å². The molecule has 86 valence electrons. The zero-order valence-electron chi connectivity index (χ0n) is 9.50. The standard InChI is InChI=1S/C10H16N6/c1-15(8-11)7-10-12-13-14-16(10)9-5-3-2-4-6-9/h9H,2-7H2,1H3. The molecule has 0 radical (unpaired) electrons. The molecule has 0 N–H and O–H groups in total. The van der Waals surface area contributed by atoms with E-state index in [9.17, 15) is 0 Å². The molecule has 0 bridgehead atoms. The van der Waals surface area contributed by atoms with Crippen molar-refractivity contribution in [2.45, 2.75) is 44.7 Å². The molecule has 0 amide bonds. The highest BCUT2D eigenvalue weighted by Crippen LogP contribution is 2.27. The average Bonchev–Trinajstić information content (AvgIpc) is 2.78. The van der Waals surface area contributed by atoms with Crippen LogP contribution in [-0.2, 0) is 6.54 Å². The monoisotopic (exact) mass is 220 g/mol. The summed E-state index contributed by atoms with van der Waals surface area (Å²) >= 11 is 0. The van der Waals surface area contributed by atoms with Gasteiger partial charge in [-0.2, -0.15) is 5.26 Å². The lowest BCUT2D eigenvalue weighted by molar-refractivity contribution is 0.306. The van der Waals surface area contributed by atoms with Crippen LogP contribution in [0.15, 0.2) is 0 Å². The molecule has 0 unspecified atom stereocenters. The Morgan fingerprint density at radius 1 is 1.44 bits per heavy atom. The second kappa shape index (κ2) is 4.92. The first-order valence-corrected chi connectivity index (χ1v) is 5.69. The Balaban J connectivity index is 2.09. The molecule has 1 fully saturated rings. The lowest BCUT2D eigenvalue weighted by Crippen LogP contribution is -2.21. The van der Waals surface area contributed by atoms with E-state index in [2.05, 4.69) is 21.7 Å². The molecule has 2 rings (SSSR count). The Labute approximate surface area is 94.8 Å². The quantitative estimate of drug-likeness (QED) is 0.563. The molecule has 1 aromatic heterocycles. The van der Waals surface area contributed by atoms with Crippen molar-refractivity contribution >= 4 is 0 Å². The number of rotatable bonds is 3. The van der Waals surface area contributed by atoms with E-state index in [1.807, 2.05) is 4.68 Å². The Bertz CT molecular complexity index is 373. The molecule has 6 heteroatoms. The van der Waals surface area contributed by atoms with Crippen LogP contribution >= 0.6 is 0 Å². The van der Waals surface area contributed by atoms with Gasteiger partial charge in [0.2, 0.25) is 0 Å². The topological polar surface area (TPSA) is 70.6 Å². The van der Waals surface area contributed by atoms with Gasteiger partial charge in [-0.05, 0) is 23.3 Å². The minimum absolute atomic E-state index is 0.422. The zero-order chi connectivity index (χ0) is 11.4. The third-order valence-corrected chi connectivity index (χ3v) is 3.03. The lowest BCUT2D eigenvalue weighted by Gasteiger charge is -2.22. The molecule has 6 nitrogen and oxygen atoms in total. The van der Waals surface area contributed by atoms with E-state index in [0.29, 0.717) is 12.6 Å². The van der Waals surface area contributed by atoms with Crippen LogP contribution in [0.3, 0.4) is 0 Å². The number of nitriles is 1. The van der Waals surface area contributed by atoms with E-state index in [4.69, 9.17) is 5.26 Å². The summed E-state index contributed by atoms with van der Waals surface area (Å²) in [5.74, 6) is 0.788. The van der Waals surface area contributed by atoms with Crippen LogP contribution in [-0.4, -0.2) is 32.2 Å². The van der Waals surface area contributed by atoms with Gasteiger partial charge >= 0.3 is 0 Å². The Kier molecular flexibility index (Phi) is 3.34. The highest BCUT2D eigenvalue weighted by atomic mass is 15.6. The number of nitrogens with zero attached hydrogens (tertiary/aromatic N) is 6. The molecular weight excluding hydrogens is 204 g/mol. The smallest absolute Gasteiger partial charge is 0.179 e. The van der Waals surface area contributed by atoms with Crippen LogP contribution < -0.4 is 0 Å². The molecule has 0 atom stereocenters. The summed E-state index contributed by atoms with van der Waals surface area (Å²) in [6.07, 6.45) is 8.16. The number of hydrogen-bond donors (Lipinski definition) is 0. The number of tetrazole rings is 1. The van der Waals surface area contributed by atoms with Crippen molar-refractivity contribution in [1.29, 1.82) is 5.26 Å². The van der Waals surface area contributed by atoms with Gasteiger partial charge in [-0.25, -0.2) is 4.68 Å². The minimum atomic E-state index is 0.422. The number of hydrogen-bond acceptors (Lipinski definition) is 5. The van der Waals surface area contributed by atoms with Crippen LogP contribution in [0.1, 0.15) is 44.0 Å². The van der Waals surface area contributed by atoms with Crippen molar-refractivity contribution in [3.8, 4) is 6.19 Å². The summed E-state index contributed by atoms with van der Waals surface area (Å²) in [5.41, 5.74) is 0. The van der Waals surface area contributed by atoms with Gasteiger partial charge in [0.1, 0.15) is 0 Å². The van der Waals surface area contributed by atoms with Crippen LogP contribution in [0.5, 0.6) is 0 Å². The minimum Gasteiger partial charge on any atom is -0.306 e. The molecule has 0 aliphatic heterocycles. The summed E-state index contributed by atoms with van der Waals surface area (Å²) < 4.78 is 1.90. The van der Waals surface area contributed by atoms with Gasteiger partial charge in [0.05, 0.1) is 12.6 Å². The van der Waals surface area contributed by atoms with Gasteiger partial charge in [-0.3, -0.25) is 0 Å². The van der Waals surface area contributed by atoms with Gasteiger partial charge in [-0.1, -0.05) is 19.3 Å². The summed E-state index contributed by atoms with van der Waals surface area (Å²) in [5, 5.41) is 20.5. The molecule has 1 heterocycles. The summed E-state index contributed by atoms with van der Waals surface area (Å²) in [4.78, 5) is 1.53. The maximum atomic E-state index is 8.73. The van der Waals surface area contributed by atoms with Crippen molar-refractivity contribution in [3.05, 3.63) is 5.82 Å². The molecule has 1 aromatic rings. The summed E-state index contributed by atoms with van der Waals surface area (Å²) in [7, 11) is 1.74. The Morgan fingerprint density at radius 3 is 2.88 bits per heavy atom. The maximum absolute atomic E-state index is 8.73. The highest BCUT2D eigenvalue weighted by Gasteiger charge is 2.20. The predicted molar refractivity (Wildman–Crippen MR) is 57.0 cm³/mol. The molecule has 0 spiro atoms. The van der Waals surface area contributed by atoms with E-state index in [1.165, 1.54) is 24.2 Å². The van der Waals surface area contributed by atoms with Gasteiger partial charge in [0, 0.05) is 7.05 Å². The summed E-state index contributed by atoms with van der Waals surface area (Å²) in [6, 6.07) is 0.422. The third-order valence-electron chi connectivity index (χ3n) is 3.03. The second-order valence-corrected chi connectivity index (χ2v) is 4.29. The first-order chi connectivity index (χ1) is 7.81. The molecular formula is C10H16N6. The average molecular weight is 220 g/mol. The zero-order valence-corrected chi connectivity index (χ0v) is 9.50. The molecule has 0 aromatic carbocycles. The van der Waals surface area contributed by atoms with Crippen LogP contribution in [0.4, 0.5) is 0 Å². The van der Waals surface area contributed by atoms with E-state index in [1.54, 1.807) is 7.05 Å². The maximum Gasteiger partial charge on any atom is 0.179 e. The predicted octanol–water partition coefficient (Wildman–Crippen LogP) is 1.09. The highest BCUT2D eigenvalue weighted by molar-refractivity contribution is 4.88. The normalized spacial score (nSPS) is 17.0. The van der Waals surface area contributed by atoms with Gasteiger partial charge in [0.15, 0.2) is 12.0 Å². The van der Waals surface area contributed by atoms with Crippen molar-refractivity contribution in [2.75, 3.05) is 7.05 Å². The van der Waals surface area contributed by atoms with Crippen molar-refractivity contribution in [3.63, 3.8) is 0 Å². The van der Waals surface area contributed by atoms with Crippen molar-refractivity contribution in [1.82, 2.24) is 25.1 Å². The third kappa shape index (κ3) is 2.30. The molecule has 0 saturated heterocycles. The largest absolute Gasteiger partial charge is 0.306 e. The number of aromatic nitrogens is 4. The van der Waals surface area contributed by atoms with Crippen LogP contribution in [0.25, 0.3) is 0 Å². The molecule has 1 aliphatic rings. The van der Waals surface area contributed by atoms with Crippen LogP contribution in [0.2, 0.25) is 0 Å². The molecule has 1 aliphatic carbocycles. The first kappa shape index (κ1) is 10.9. The van der Waals surface area contributed by atoms with E-state index in [0.717, 1.165) is 18.7 Å². The molecule has 1 saturated carbocycles. The Hall–Kier alpha value is -1.64. The van der Waals surface area contributed by atoms with Crippen molar-refractivity contribution in [2.24, 2.45) is 0 Å². The SMILES string of the molecule is CN(C#N)Cc1nnnn1C1CCCCC1. The fourth-order valence-electron chi connectivity index (χ4n) is 2.17. The first-order valence-electron chi connectivity index (χ1n) is 5.69. The van der Waals surface area contributed by atoms with Crippen LogP contribution in [0, 0.1) is 11.5 Å². The lowest BCUT2D eigenvalue weighted by atomic mass is 9.95. The van der Waals surface area contributed by atoms with Gasteiger partial charge in [-0.15, -0.1) is 5.10 Å². The van der Waals surface area contributed by atoms with Gasteiger partial charge < -0.3 is 4.90 Å².